The number of benzene rings is 2. The lowest BCUT2D eigenvalue weighted by Crippen LogP contribution is -2.30. The van der Waals surface area contributed by atoms with E-state index in [1.807, 2.05) is 24.3 Å². The third kappa shape index (κ3) is 5.95. The largest absolute Gasteiger partial charge is 0.481 e. The summed E-state index contributed by atoms with van der Waals surface area (Å²) in [6.07, 6.45) is 3.81. The number of unbranched alkanes of at least 4 members (excludes halogenated alkanes) is 3. The van der Waals surface area contributed by atoms with Crippen LogP contribution in [0, 0.1) is 11.8 Å². The van der Waals surface area contributed by atoms with Crippen molar-refractivity contribution in [2.45, 2.75) is 44.4 Å². The Morgan fingerprint density at radius 2 is 1.53 bits per heavy atom. The highest BCUT2D eigenvalue weighted by Gasteiger charge is 2.42. The Hall–Kier alpha value is -3.35. The second kappa shape index (κ2) is 11.2. The Morgan fingerprint density at radius 3 is 2.21 bits per heavy atom. The molecule has 2 aromatic carbocycles. The maximum Gasteiger partial charge on any atom is 0.407 e. The van der Waals surface area contributed by atoms with Gasteiger partial charge in [-0.15, -0.1) is 0 Å². The molecule has 2 aromatic rings. The second-order valence-corrected chi connectivity index (χ2v) is 9.16. The number of aliphatic carboxylic acids is 1. The normalized spacial score (nSPS) is 18.0. The lowest BCUT2D eigenvalue weighted by molar-refractivity contribution is -0.137. The van der Waals surface area contributed by atoms with Gasteiger partial charge in [-0.05, 0) is 47.4 Å². The summed E-state index contributed by atoms with van der Waals surface area (Å²) < 4.78 is 5.55. The van der Waals surface area contributed by atoms with Crippen LogP contribution in [-0.2, 0) is 14.3 Å². The standard InChI is InChI=1S/C27H32N2O5/c30-25(31)13-3-1-2-8-14-28-26(32)23-15-18(23)16-29-27(33)34-17-24-21-11-6-4-9-19(21)20-10-5-7-12-22(20)24/h4-7,9-12,18,23-24H,1-3,8,13-17H2,(H,28,32)(H,29,33)(H,30,31)/t18-,23-/m1/s1. The predicted molar refractivity (Wildman–Crippen MR) is 128 cm³/mol. The van der Waals surface area contributed by atoms with E-state index < -0.39 is 12.1 Å². The van der Waals surface area contributed by atoms with Gasteiger partial charge < -0.3 is 20.5 Å². The number of alkyl carbamates (subject to hydrolysis) is 1. The minimum Gasteiger partial charge on any atom is -0.481 e. The summed E-state index contributed by atoms with van der Waals surface area (Å²) in [7, 11) is 0. The van der Waals surface area contributed by atoms with E-state index in [2.05, 4.69) is 34.9 Å². The summed E-state index contributed by atoms with van der Waals surface area (Å²) in [5, 5.41) is 14.4. The smallest absolute Gasteiger partial charge is 0.407 e. The fourth-order valence-electron chi connectivity index (χ4n) is 4.76. The van der Waals surface area contributed by atoms with Crippen molar-refractivity contribution in [1.29, 1.82) is 0 Å². The molecular weight excluding hydrogens is 432 g/mol. The molecule has 0 saturated heterocycles. The number of fused-ring (bicyclic) bond motifs is 3. The topological polar surface area (TPSA) is 105 Å². The quantitative estimate of drug-likeness (QED) is 0.406. The van der Waals surface area contributed by atoms with Gasteiger partial charge in [0.25, 0.3) is 0 Å². The fourth-order valence-corrected chi connectivity index (χ4v) is 4.76. The molecule has 4 rings (SSSR count). The van der Waals surface area contributed by atoms with Crippen molar-refractivity contribution in [2.24, 2.45) is 11.8 Å². The van der Waals surface area contributed by atoms with Gasteiger partial charge in [-0.2, -0.15) is 0 Å². The lowest BCUT2D eigenvalue weighted by Gasteiger charge is -2.14. The maximum absolute atomic E-state index is 12.3. The summed E-state index contributed by atoms with van der Waals surface area (Å²) >= 11 is 0. The zero-order valence-corrected chi connectivity index (χ0v) is 19.3. The monoisotopic (exact) mass is 464 g/mol. The van der Waals surface area contributed by atoms with Crippen molar-refractivity contribution in [2.75, 3.05) is 19.7 Å². The number of carboxylic acids is 1. The first-order chi connectivity index (χ1) is 16.5. The Bertz CT molecular complexity index is 992. The summed E-state index contributed by atoms with van der Waals surface area (Å²) in [5.41, 5.74) is 4.74. The van der Waals surface area contributed by atoms with Crippen LogP contribution in [0.3, 0.4) is 0 Å². The van der Waals surface area contributed by atoms with Gasteiger partial charge in [0.2, 0.25) is 5.91 Å². The number of amides is 2. The average molecular weight is 465 g/mol. The first-order valence-corrected chi connectivity index (χ1v) is 12.1. The Kier molecular flexibility index (Phi) is 7.83. The van der Waals surface area contributed by atoms with Crippen LogP contribution in [-0.4, -0.2) is 42.8 Å². The average Bonchev–Trinajstić information content (AvgIpc) is 3.55. The van der Waals surface area contributed by atoms with E-state index in [9.17, 15) is 14.4 Å². The molecule has 0 bridgehead atoms. The van der Waals surface area contributed by atoms with Crippen LogP contribution in [0.5, 0.6) is 0 Å². The van der Waals surface area contributed by atoms with Crippen molar-refractivity contribution >= 4 is 18.0 Å². The Labute approximate surface area is 199 Å². The van der Waals surface area contributed by atoms with Crippen molar-refractivity contribution in [3.8, 4) is 11.1 Å². The summed E-state index contributed by atoms with van der Waals surface area (Å²) in [6.45, 7) is 1.32. The molecule has 3 N–H and O–H groups in total. The molecule has 0 heterocycles. The molecular formula is C27H32N2O5. The molecule has 180 valence electrons. The number of nitrogens with one attached hydrogen (secondary N) is 2. The Morgan fingerprint density at radius 1 is 0.882 bits per heavy atom. The summed E-state index contributed by atoms with van der Waals surface area (Å²) in [4.78, 5) is 35.0. The number of carbonyl (C=O) groups is 3. The van der Waals surface area contributed by atoms with Gasteiger partial charge in [-0.1, -0.05) is 61.4 Å². The molecule has 0 aliphatic heterocycles. The maximum atomic E-state index is 12.3. The highest BCUT2D eigenvalue weighted by Crippen LogP contribution is 2.44. The van der Waals surface area contributed by atoms with E-state index in [1.165, 1.54) is 22.3 Å². The van der Waals surface area contributed by atoms with E-state index >= 15 is 0 Å². The van der Waals surface area contributed by atoms with Gasteiger partial charge in [-0.3, -0.25) is 9.59 Å². The highest BCUT2D eigenvalue weighted by molar-refractivity contribution is 5.82. The number of carboxylic acid groups (broad SMARTS) is 1. The van der Waals surface area contributed by atoms with Crippen molar-refractivity contribution < 1.29 is 24.2 Å². The van der Waals surface area contributed by atoms with Crippen LogP contribution in [0.4, 0.5) is 4.79 Å². The first-order valence-electron chi connectivity index (χ1n) is 12.1. The molecule has 7 nitrogen and oxygen atoms in total. The van der Waals surface area contributed by atoms with E-state index in [4.69, 9.17) is 9.84 Å². The molecule has 34 heavy (non-hydrogen) atoms. The summed E-state index contributed by atoms with van der Waals surface area (Å²) in [5.74, 6) is -0.608. The molecule has 2 atom stereocenters. The highest BCUT2D eigenvalue weighted by atomic mass is 16.5. The molecule has 2 aliphatic rings. The molecule has 0 spiro atoms. The van der Waals surface area contributed by atoms with E-state index in [1.54, 1.807) is 0 Å². The van der Waals surface area contributed by atoms with Crippen LogP contribution in [0.25, 0.3) is 11.1 Å². The molecule has 1 fully saturated rings. The third-order valence-electron chi connectivity index (χ3n) is 6.73. The second-order valence-electron chi connectivity index (χ2n) is 9.16. The van der Waals surface area contributed by atoms with Gasteiger partial charge in [-0.25, -0.2) is 4.79 Å². The SMILES string of the molecule is O=C(O)CCCCCCNC(=O)[C@@H]1C[C@@H]1CNC(=O)OCC1c2ccccc2-c2ccccc21. The first kappa shape index (κ1) is 23.8. The zero-order valence-electron chi connectivity index (χ0n) is 19.3. The minimum atomic E-state index is -0.764. The van der Waals surface area contributed by atoms with E-state index in [0.717, 1.165) is 25.7 Å². The molecule has 2 aliphatic carbocycles. The Balaban J connectivity index is 1.13. The van der Waals surface area contributed by atoms with Crippen LogP contribution in [0.15, 0.2) is 48.5 Å². The van der Waals surface area contributed by atoms with E-state index in [0.29, 0.717) is 19.5 Å². The van der Waals surface area contributed by atoms with Crippen molar-refractivity contribution in [3.05, 3.63) is 59.7 Å². The van der Waals surface area contributed by atoms with Crippen molar-refractivity contribution in [1.82, 2.24) is 10.6 Å². The number of hydrogen-bond acceptors (Lipinski definition) is 4. The van der Waals surface area contributed by atoms with Gasteiger partial charge in [0, 0.05) is 31.3 Å². The van der Waals surface area contributed by atoms with Gasteiger partial charge in [0.15, 0.2) is 0 Å². The van der Waals surface area contributed by atoms with Gasteiger partial charge in [0.1, 0.15) is 6.61 Å². The minimum absolute atomic E-state index is 0.0294. The van der Waals surface area contributed by atoms with Gasteiger partial charge in [0.05, 0.1) is 0 Å². The van der Waals surface area contributed by atoms with Crippen LogP contribution < -0.4 is 10.6 Å². The molecule has 0 unspecified atom stereocenters. The number of ether oxygens (including phenoxy) is 1. The van der Waals surface area contributed by atoms with E-state index in [-0.39, 0.29) is 36.7 Å². The van der Waals surface area contributed by atoms with Crippen LogP contribution in [0.1, 0.15) is 55.6 Å². The van der Waals surface area contributed by atoms with Crippen LogP contribution >= 0.6 is 0 Å². The molecule has 2 amide bonds. The van der Waals surface area contributed by atoms with Gasteiger partial charge >= 0.3 is 12.1 Å². The fraction of sp³-hybridized carbons (Fsp3) is 0.444. The van der Waals surface area contributed by atoms with Crippen LogP contribution in [0.2, 0.25) is 0 Å². The number of rotatable bonds is 12. The summed E-state index contributed by atoms with van der Waals surface area (Å²) in [6, 6.07) is 16.4. The molecule has 7 heteroatoms. The number of hydrogen-bond donors (Lipinski definition) is 3. The third-order valence-corrected chi connectivity index (χ3v) is 6.73. The molecule has 1 saturated carbocycles. The number of carbonyl (C=O) groups excluding carboxylic acids is 2. The van der Waals surface area contributed by atoms with Crippen molar-refractivity contribution in [3.63, 3.8) is 0 Å². The molecule has 0 aromatic heterocycles. The molecule has 0 radical (unpaired) electrons. The predicted octanol–water partition coefficient (Wildman–Crippen LogP) is 4.31. The zero-order chi connectivity index (χ0) is 23.9. The lowest BCUT2D eigenvalue weighted by atomic mass is 9.98.